The Bertz CT molecular complexity index is 668. The van der Waals surface area contributed by atoms with E-state index in [1.807, 2.05) is 0 Å². The second-order valence-corrected chi connectivity index (χ2v) is 6.32. The summed E-state index contributed by atoms with van der Waals surface area (Å²) < 4.78 is 21.1. The minimum absolute atomic E-state index is 0. The van der Waals surface area contributed by atoms with E-state index in [1.165, 1.54) is 0 Å². The molecule has 2 rings (SSSR count). The number of nitrogens with one attached hydrogen (secondary N) is 1. The van der Waals surface area contributed by atoms with Crippen LogP contribution >= 0.6 is 24.0 Å². The number of carbonyl (C=O) groups is 1. The average Bonchev–Trinajstić information content (AvgIpc) is 2.72. The monoisotopic (exact) mass is 522 g/mol. The van der Waals surface area contributed by atoms with E-state index in [2.05, 4.69) is 10.3 Å². The van der Waals surface area contributed by atoms with Crippen LogP contribution in [-0.2, 0) is 11.3 Å². The number of carbonyl (C=O) groups excluding carboxylic acids is 1. The summed E-state index contributed by atoms with van der Waals surface area (Å²) in [7, 11) is 4.75. The van der Waals surface area contributed by atoms with Crippen LogP contribution in [0.1, 0.15) is 25.3 Å². The van der Waals surface area contributed by atoms with Gasteiger partial charge in [-0.1, -0.05) is 0 Å². The van der Waals surface area contributed by atoms with Crippen LogP contribution in [0.5, 0.6) is 17.2 Å². The van der Waals surface area contributed by atoms with Crippen molar-refractivity contribution < 1.29 is 23.7 Å². The summed E-state index contributed by atoms with van der Waals surface area (Å²) in [5.74, 6) is 2.22. The van der Waals surface area contributed by atoms with Crippen LogP contribution in [-0.4, -0.2) is 64.0 Å². The van der Waals surface area contributed by atoms with Crippen LogP contribution < -0.4 is 25.3 Å². The first-order chi connectivity index (χ1) is 13.5. The van der Waals surface area contributed by atoms with Crippen LogP contribution in [0.2, 0.25) is 0 Å². The highest BCUT2D eigenvalue weighted by Crippen LogP contribution is 2.34. The fraction of sp³-hybridized carbons (Fsp3) is 0.579. The minimum atomic E-state index is -0.263. The summed E-state index contributed by atoms with van der Waals surface area (Å²) in [6.45, 7) is 3.75. The summed E-state index contributed by atoms with van der Waals surface area (Å²) in [5, 5.41) is 3.22. The lowest BCUT2D eigenvalue weighted by Gasteiger charge is -2.31. The quantitative estimate of drug-likeness (QED) is 0.322. The van der Waals surface area contributed by atoms with Crippen molar-refractivity contribution in [2.75, 3.05) is 41.0 Å². The number of likely N-dealkylation sites (tertiary alicyclic amines) is 1. The molecule has 1 saturated heterocycles. The van der Waals surface area contributed by atoms with Gasteiger partial charge in [-0.2, -0.15) is 0 Å². The molecule has 1 amide bonds. The van der Waals surface area contributed by atoms with Gasteiger partial charge in [-0.15, -0.1) is 24.0 Å². The summed E-state index contributed by atoms with van der Waals surface area (Å²) in [5.41, 5.74) is 6.85. The lowest BCUT2D eigenvalue weighted by atomic mass is 10.1. The number of methoxy groups -OCH3 is 3. The zero-order valence-corrected chi connectivity index (χ0v) is 19.7. The molecule has 1 aliphatic heterocycles. The van der Waals surface area contributed by atoms with Gasteiger partial charge in [-0.3, -0.25) is 0 Å². The molecule has 0 aromatic heterocycles. The van der Waals surface area contributed by atoms with E-state index in [9.17, 15) is 4.79 Å². The number of benzene rings is 1. The van der Waals surface area contributed by atoms with Gasteiger partial charge in [-0.25, -0.2) is 9.79 Å². The first-order valence-electron chi connectivity index (χ1n) is 9.29. The fourth-order valence-electron chi connectivity index (χ4n) is 3.07. The van der Waals surface area contributed by atoms with Gasteiger partial charge in [0.1, 0.15) is 17.2 Å². The van der Waals surface area contributed by atoms with Gasteiger partial charge in [0.2, 0.25) is 0 Å². The number of guanidine groups is 1. The van der Waals surface area contributed by atoms with Crippen molar-refractivity contribution in [2.24, 2.45) is 10.7 Å². The molecule has 29 heavy (non-hydrogen) atoms. The number of aliphatic imine (C=N–C) groups is 1. The number of ether oxygens (including phenoxy) is 4. The Morgan fingerprint density at radius 3 is 2.24 bits per heavy atom. The van der Waals surface area contributed by atoms with Gasteiger partial charge >= 0.3 is 6.09 Å². The Hall–Kier alpha value is -2.11. The van der Waals surface area contributed by atoms with Crippen molar-refractivity contribution in [3.8, 4) is 17.2 Å². The van der Waals surface area contributed by atoms with Gasteiger partial charge in [0.25, 0.3) is 0 Å². The highest BCUT2D eigenvalue weighted by molar-refractivity contribution is 14.0. The third-order valence-electron chi connectivity index (χ3n) is 4.60. The maximum atomic E-state index is 11.8. The number of hydrogen-bond donors (Lipinski definition) is 2. The van der Waals surface area contributed by atoms with E-state index in [1.54, 1.807) is 45.3 Å². The normalized spacial score (nSPS) is 14.6. The molecule has 0 radical (unpaired) electrons. The third-order valence-corrected chi connectivity index (χ3v) is 4.60. The number of rotatable bonds is 7. The van der Waals surface area contributed by atoms with E-state index in [0.717, 1.165) is 18.4 Å². The molecule has 0 atom stereocenters. The molecular weight excluding hydrogens is 491 g/mol. The number of halogens is 1. The second kappa shape index (κ2) is 12.5. The molecule has 9 nitrogen and oxygen atoms in total. The molecule has 1 heterocycles. The molecular formula is C19H31IN4O5. The lowest BCUT2D eigenvalue weighted by Crippen LogP contribution is -2.48. The maximum absolute atomic E-state index is 11.8. The molecule has 0 unspecified atom stereocenters. The van der Waals surface area contributed by atoms with Crippen molar-refractivity contribution in [3.05, 3.63) is 17.7 Å². The van der Waals surface area contributed by atoms with Crippen molar-refractivity contribution in [1.29, 1.82) is 0 Å². The van der Waals surface area contributed by atoms with Crippen LogP contribution in [0.4, 0.5) is 4.79 Å². The molecule has 10 heteroatoms. The van der Waals surface area contributed by atoms with Crippen LogP contribution in [0.25, 0.3) is 0 Å². The molecule has 0 bridgehead atoms. The minimum Gasteiger partial charge on any atom is -0.496 e. The number of nitrogens with two attached hydrogens (primary N) is 1. The first kappa shape index (κ1) is 24.9. The topological polar surface area (TPSA) is 108 Å². The summed E-state index contributed by atoms with van der Waals surface area (Å²) in [4.78, 5) is 17.9. The van der Waals surface area contributed by atoms with Crippen LogP contribution in [0, 0.1) is 0 Å². The van der Waals surface area contributed by atoms with Gasteiger partial charge in [-0.05, 0) is 19.8 Å². The Morgan fingerprint density at radius 1 is 1.17 bits per heavy atom. The zero-order chi connectivity index (χ0) is 20.5. The Kier molecular flexibility index (Phi) is 10.7. The molecule has 1 aromatic rings. The average molecular weight is 522 g/mol. The van der Waals surface area contributed by atoms with Crippen LogP contribution in [0.15, 0.2) is 17.1 Å². The predicted octanol–water partition coefficient (Wildman–Crippen LogP) is 2.36. The van der Waals surface area contributed by atoms with Crippen LogP contribution in [0.3, 0.4) is 0 Å². The number of nitrogens with zero attached hydrogens (tertiary/aromatic N) is 2. The predicted molar refractivity (Wildman–Crippen MR) is 122 cm³/mol. The van der Waals surface area contributed by atoms with E-state index >= 15 is 0 Å². The van der Waals surface area contributed by atoms with Crippen molar-refractivity contribution in [1.82, 2.24) is 10.2 Å². The smallest absolute Gasteiger partial charge is 0.409 e. The number of amides is 1. The molecule has 164 valence electrons. The first-order valence-corrected chi connectivity index (χ1v) is 9.29. The molecule has 3 N–H and O–H groups in total. The largest absolute Gasteiger partial charge is 0.496 e. The second-order valence-electron chi connectivity index (χ2n) is 6.32. The van der Waals surface area contributed by atoms with E-state index < -0.39 is 0 Å². The SMILES string of the molecule is CCOC(=O)N1CCC(NC(N)=NCc2c(OC)cc(OC)cc2OC)CC1.I. The zero-order valence-electron chi connectivity index (χ0n) is 17.4. The molecule has 1 aliphatic rings. The highest BCUT2D eigenvalue weighted by atomic mass is 127. The summed E-state index contributed by atoms with van der Waals surface area (Å²) in [6, 6.07) is 3.72. The van der Waals surface area contributed by atoms with Gasteiger partial charge in [0, 0.05) is 31.3 Å². The van der Waals surface area contributed by atoms with Gasteiger partial charge in [0.05, 0.1) is 40.0 Å². The van der Waals surface area contributed by atoms with E-state index in [4.69, 9.17) is 24.7 Å². The fourth-order valence-corrected chi connectivity index (χ4v) is 3.07. The maximum Gasteiger partial charge on any atom is 0.409 e. The lowest BCUT2D eigenvalue weighted by molar-refractivity contribution is 0.0963. The van der Waals surface area contributed by atoms with E-state index in [0.29, 0.717) is 49.4 Å². The number of hydrogen-bond acceptors (Lipinski definition) is 6. The van der Waals surface area contributed by atoms with Crippen molar-refractivity contribution in [2.45, 2.75) is 32.4 Å². The van der Waals surface area contributed by atoms with Crippen molar-refractivity contribution in [3.63, 3.8) is 0 Å². The van der Waals surface area contributed by atoms with E-state index in [-0.39, 0.29) is 36.1 Å². The molecule has 1 fully saturated rings. The Labute approximate surface area is 188 Å². The van der Waals surface area contributed by atoms with Crippen molar-refractivity contribution >= 4 is 36.0 Å². The molecule has 1 aromatic carbocycles. The summed E-state index contributed by atoms with van der Waals surface area (Å²) >= 11 is 0. The summed E-state index contributed by atoms with van der Waals surface area (Å²) in [6.07, 6.45) is 1.30. The Balaban J connectivity index is 0.00000420. The third kappa shape index (κ3) is 7.02. The Morgan fingerprint density at radius 2 is 1.76 bits per heavy atom. The van der Waals surface area contributed by atoms with Gasteiger partial charge in [0.15, 0.2) is 5.96 Å². The molecule has 0 aliphatic carbocycles. The molecule has 0 saturated carbocycles. The molecule has 0 spiro atoms. The number of piperidine rings is 1. The highest BCUT2D eigenvalue weighted by Gasteiger charge is 2.23. The van der Waals surface area contributed by atoms with Gasteiger partial charge < -0.3 is 34.9 Å². The standard InChI is InChI=1S/C19H30N4O5.HI/c1-5-28-19(24)23-8-6-13(7-9-23)22-18(20)21-12-15-16(26-3)10-14(25-2)11-17(15)27-4;/h10-11,13H,5-9,12H2,1-4H3,(H3,20,21,22);1H.